The molecule has 1 aromatic carbocycles. The Bertz CT molecular complexity index is 482. The normalized spacial score (nSPS) is 10.5. The highest BCUT2D eigenvalue weighted by Gasteiger charge is 1.99. The summed E-state index contributed by atoms with van der Waals surface area (Å²) in [5.41, 5.74) is 2.63. The van der Waals surface area contributed by atoms with Crippen LogP contribution in [0.4, 0.5) is 0 Å². The number of hydrogen-bond acceptors (Lipinski definition) is 2. The average molecular weight is 333 g/mol. The van der Waals surface area contributed by atoms with Gasteiger partial charge < -0.3 is 10.4 Å². The molecule has 4 nitrogen and oxygen atoms in total. The molecular weight excluding hydrogens is 302 g/mol. The third-order valence-electron chi connectivity index (χ3n) is 4.17. The number of carboxylic acids is 1. The van der Waals surface area contributed by atoms with Gasteiger partial charge in [-0.25, -0.2) is 0 Å². The van der Waals surface area contributed by atoms with Crippen LogP contribution in [0.5, 0.6) is 0 Å². The zero-order valence-electron chi connectivity index (χ0n) is 14.9. The Hall–Kier alpha value is -1.84. The molecule has 0 bridgehead atoms. The Labute approximate surface area is 145 Å². The molecule has 24 heavy (non-hydrogen) atoms. The molecule has 0 heterocycles. The van der Waals surface area contributed by atoms with E-state index in [1.807, 2.05) is 0 Å². The Morgan fingerprint density at radius 3 is 1.88 bits per heavy atom. The molecular formula is C20H31NO3. The first kappa shape index (κ1) is 20.2. The number of unbranched alkanes of at least 4 members (excludes halogenated alkanes) is 6. The minimum atomic E-state index is -0.684. The molecule has 0 saturated heterocycles. The standard InChI is InChI=1S/C20H31NO3/c1-17(22)21-16-15-19-13-11-18(12-14-19)9-7-5-3-2-4-6-8-10-20(23)24/h11-14H,2-10,15-16H2,1H3,(H,21,22)(H,23,24). The molecule has 0 atom stereocenters. The van der Waals surface area contributed by atoms with Crippen LogP contribution in [0.3, 0.4) is 0 Å². The molecule has 2 N–H and O–H groups in total. The highest BCUT2D eigenvalue weighted by atomic mass is 16.4. The van der Waals surface area contributed by atoms with E-state index in [2.05, 4.69) is 29.6 Å². The predicted octanol–water partition coefficient (Wildman–Crippen LogP) is 4.11. The summed E-state index contributed by atoms with van der Waals surface area (Å²) in [6.07, 6.45) is 10.2. The second-order valence-electron chi connectivity index (χ2n) is 6.42. The first-order chi connectivity index (χ1) is 11.6. The van der Waals surface area contributed by atoms with Crippen molar-refractivity contribution >= 4 is 11.9 Å². The van der Waals surface area contributed by atoms with Crippen molar-refractivity contribution in [2.75, 3.05) is 6.54 Å². The van der Waals surface area contributed by atoms with E-state index in [0.717, 1.165) is 32.1 Å². The highest BCUT2D eigenvalue weighted by Crippen LogP contribution is 2.12. The van der Waals surface area contributed by atoms with Crippen LogP contribution < -0.4 is 5.32 Å². The van der Waals surface area contributed by atoms with Crippen molar-refractivity contribution in [1.82, 2.24) is 5.32 Å². The first-order valence-electron chi connectivity index (χ1n) is 9.12. The van der Waals surface area contributed by atoms with Crippen molar-refractivity contribution in [2.45, 2.75) is 71.1 Å². The summed E-state index contributed by atoms with van der Waals surface area (Å²) < 4.78 is 0. The number of nitrogens with one attached hydrogen (secondary N) is 1. The van der Waals surface area contributed by atoms with Gasteiger partial charge in [0.05, 0.1) is 0 Å². The molecule has 134 valence electrons. The van der Waals surface area contributed by atoms with Gasteiger partial charge in [0.1, 0.15) is 0 Å². The number of amides is 1. The number of rotatable bonds is 13. The third kappa shape index (κ3) is 10.8. The molecule has 0 radical (unpaired) electrons. The molecule has 1 aromatic rings. The zero-order chi connectivity index (χ0) is 17.6. The summed E-state index contributed by atoms with van der Waals surface area (Å²) >= 11 is 0. The largest absolute Gasteiger partial charge is 0.481 e. The van der Waals surface area contributed by atoms with Gasteiger partial charge in [0.2, 0.25) is 5.91 Å². The van der Waals surface area contributed by atoms with Gasteiger partial charge in [0, 0.05) is 19.9 Å². The zero-order valence-corrected chi connectivity index (χ0v) is 14.9. The van der Waals surface area contributed by atoms with Crippen molar-refractivity contribution in [3.05, 3.63) is 35.4 Å². The molecule has 4 heteroatoms. The third-order valence-corrected chi connectivity index (χ3v) is 4.17. The second-order valence-corrected chi connectivity index (χ2v) is 6.42. The lowest BCUT2D eigenvalue weighted by Gasteiger charge is -2.05. The molecule has 0 aliphatic carbocycles. The van der Waals surface area contributed by atoms with Crippen molar-refractivity contribution < 1.29 is 14.7 Å². The maximum absolute atomic E-state index is 10.8. The van der Waals surface area contributed by atoms with Crippen LogP contribution >= 0.6 is 0 Å². The molecule has 0 aromatic heterocycles. The minimum absolute atomic E-state index is 0.0218. The van der Waals surface area contributed by atoms with Gasteiger partial charge in [-0.2, -0.15) is 0 Å². The van der Waals surface area contributed by atoms with Gasteiger partial charge in [-0.3, -0.25) is 9.59 Å². The SMILES string of the molecule is CC(=O)NCCc1ccc(CCCCCCCCCC(=O)O)cc1. The van der Waals surface area contributed by atoms with Crippen LogP contribution in [0, 0.1) is 0 Å². The van der Waals surface area contributed by atoms with Crippen LogP contribution in [-0.4, -0.2) is 23.5 Å². The predicted molar refractivity (Wildman–Crippen MR) is 97.1 cm³/mol. The number of hydrogen-bond donors (Lipinski definition) is 2. The molecule has 0 unspecified atom stereocenters. The lowest BCUT2D eigenvalue weighted by Crippen LogP contribution is -2.22. The van der Waals surface area contributed by atoms with Crippen LogP contribution in [0.1, 0.15) is 69.4 Å². The van der Waals surface area contributed by atoms with E-state index in [-0.39, 0.29) is 5.91 Å². The Kier molecular flexibility index (Phi) is 10.6. The van der Waals surface area contributed by atoms with Gasteiger partial charge in [-0.05, 0) is 36.8 Å². The summed E-state index contributed by atoms with van der Waals surface area (Å²) in [5.74, 6) is -0.662. The smallest absolute Gasteiger partial charge is 0.303 e. The topological polar surface area (TPSA) is 66.4 Å². The second kappa shape index (κ2) is 12.6. The summed E-state index contributed by atoms with van der Waals surface area (Å²) in [6.45, 7) is 2.24. The number of aliphatic carboxylic acids is 1. The molecule has 0 saturated carbocycles. The van der Waals surface area contributed by atoms with Crippen LogP contribution in [0.2, 0.25) is 0 Å². The van der Waals surface area contributed by atoms with E-state index in [9.17, 15) is 9.59 Å². The Morgan fingerprint density at radius 2 is 1.33 bits per heavy atom. The van der Waals surface area contributed by atoms with Crippen molar-refractivity contribution in [3.63, 3.8) is 0 Å². The van der Waals surface area contributed by atoms with Crippen LogP contribution in [0.25, 0.3) is 0 Å². The van der Waals surface area contributed by atoms with E-state index in [0.29, 0.717) is 13.0 Å². The summed E-state index contributed by atoms with van der Waals surface area (Å²) in [7, 11) is 0. The fourth-order valence-electron chi connectivity index (χ4n) is 2.74. The quantitative estimate of drug-likeness (QED) is 0.534. The first-order valence-corrected chi connectivity index (χ1v) is 9.12. The van der Waals surface area contributed by atoms with E-state index in [1.165, 1.54) is 36.8 Å². The lowest BCUT2D eigenvalue weighted by molar-refractivity contribution is -0.137. The Balaban J connectivity index is 2.02. The summed E-state index contributed by atoms with van der Waals surface area (Å²) in [6, 6.07) is 8.68. The fourth-order valence-corrected chi connectivity index (χ4v) is 2.74. The van der Waals surface area contributed by atoms with Crippen molar-refractivity contribution in [2.24, 2.45) is 0 Å². The average Bonchev–Trinajstić information content (AvgIpc) is 2.54. The maximum atomic E-state index is 10.8. The van der Waals surface area contributed by atoms with E-state index in [4.69, 9.17) is 5.11 Å². The van der Waals surface area contributed by atoms with Gasteiger partial charge >= 0.3 is 5.97 Å². The molecule has 0 fully saturated rings. The Morgan fingerprint density at radius 1 is 0.833 bits per heavy atom. The highest BCUT2D eigenvalue weighted by molar-refractivity contribution is 5.72. The lowest BCUT2D eigenvalue weighted by atomic mass is 10.0. The summed E-state index contributed by atoms with van der Waals surface area (Å²) in [5, 5.41) is 11.4. The van der Waals surface area contributed by atoms with E-state index < -0.39 is 5.97 Å². The van der Waals surface area contributed by atoms with Gasteiger partial charge in [0.15, 0.2) is 0 Å². The molecule has 0 aliphatic rings. The molecule has 0 aliphatic heterocycles. The number of benzene rings is 1. The minimum Gasteiger partial charge on any atom is -0.481 e. The van der Waals surface area contributed by atoms with Crippen molar-refractivity contribution in [3.8, 4) is 0 Å². The number of aryl methyl sites for hydroxylation is 1. The number of carbonyl (C=O) groups excluding carboxylic acids is 1. The monoisotopic (exact) mass is 333 g/mol. The number of carbonyl (C=O) groups is 2. The molecule has 1 rings (SSSR count). The van der Waals surface area contributed by atoms with Gasteiger partial charge in [0.25, 0.3) is 0 Å². The van der Waals surface area contributed by atoms with E-state index >= 15 is 0 Å². The number of carboxylic acid groups (broad SMARTS) is 1. The summed E-state index contributed by atoms with van der Waals surface area (Å²) in [4.78, 5) is 21.2. The van der Waals surface area contributed by atoms with Gasteiger partial charge in [-0.15, -0.1) is 0 Å². The van der Waals surface area contributed by atoms with E-state index in [1.54, 1.807) is 6.92 Å². The van der Waals surface area contributed by atoms with Crippen LogP contribution in [0.15, 0.2) is 24.3 Å². The van der Waals surface area contributed by atoms with Crippen LogP contribution in [-0.2, 0) is 22.4 Å². The fraction of sp³-hybridized carbons (Fsp3) is 0.600. The molecule has 1 amide bonds. The van der Waals surface area contributed by atoms with Crippen molar-refractivity contribution in [1.29, 1.82) is 0 Å². The van der Waals surface area contributed by atoms with Gasteiger partial charge in [-0.1, -0.05) is 56.4 Å². The maximum Gasteiger partial charge on any atom is 0.303 e. The molecule has 0 spiro atoms.